The van der Waals surface area contributed by atoms with Crippen LogP contribution in [-0.4, -0.2) is 73.7 Å². The second-order valence-corrected chi connectivity index (χ2v) is 13.7. The molecular weight excluding hydrogens is 613 g/mol. The highest BCUT2D eigenvalue weighted by Crippen LogP contribution is 2.48. The molecule has 0 aliphatic heterocycles. The molecular formula is C28H40N5O11P. The number of aromatic carboxylic acids is 1. The molecule has 0 unspecified atom stereocenters. The van der Waals surface area contributed by atoms with Gasteiger partial charge in [0.05, 0.1) is 29.8 Å². The number of anilines is 1. The van der Waals surface area contributed by atoms with E-state index in [4.69, 9.17) is 39.2 Å². The molecule has 0 aliphatic carbocycles. The Bertz CT molecular complexity index is 1480. The lowest BCUT2D eigenvalue weighted by molar-refractivity contribution is -0.162. The Kier molecular flexibility index (Phi) is 13.0. The molecule has 0 fully saturated rings. The number of carboxylic acid groups (broad SMARTS) is 1. The highest BCUT2D eigenvalue weighted by atomic mass is 31.2. The van der Waals surface area contributed by atoms with Crippen molar-refractivity contribution in [2.24, 2.45) is 10.8 Å². The maximum absolute atomic E-state index is 13.2. The number of imidazole rings is 1. The number of nitrogens with two attached hydrogens (primary N) is 1. The summed E-state index contributed by atoms with van der Waals surface area (Å²) in [5.41, 5.74) is 5.16. The zero-order chi connectivity index (χ0) is 34.0. The Morgan fingerprint density at radius 1 is 0.956 bits per heavy atom. The second-order valence-electron chi connectivity index (χ2n) is 11.7. The minimum Gasteiger partial charge on any atom is -0.507 e. The first kappa shape index (κ1) is 37.1. The highest BCUT2D eigenvalue weighted by Gasteiger charge is 2.31. The van der Waals surface area contributed by atoms with Crippen LogP contribution < -0.4 is 5.73 Å². The molecule has 0 amide bonds. The molecule has 4 N–H and O–H groups in total. The maximum Gasteiger partial charge on any atom is 0.361 e. The standard InChI is InChI=1S/C21H34N5O8P.C7H6O3/c1-14(8-26-10-25-15-16(22)23-9-24-17(15)26)32-13-35(29,33-11-30-18(27)20(2,3)4)34-12-31-19(28)21(5,6)7;8-6-4-2-1-3-5(6)7(9)10/h9-10,14H,8,11-13H2,1-7H3,(H2,22,23,24);1-4,8H,(H,9,10)/t14-;/m1./s1. The van der Waals surface area contributed by atoms with Crippen LogP contribution in [0.5, 0.6) is 5.75 Å². The Morgan fingerprint density at radius 3 is 2.00 bits per heavy atom. The number of hydrogen-bond donors (Lipinski definition) is 3. The third-order valence-corrected chi connectivity index (χ3v) is 7.10. The van der Waals surface area contributed by atoms with Gasteiger partial charge in [-0.25, -0.2) is 19.7 Å². The normalized spacial score (nSPS) is 12.6. The molecule has 45 heavy (non-hydrogen) atoms. The molecule has 1 atom stereocenters. The Hall–Kier alpha value is -4.11. The van der Waals surface area contributed by atoms with Crippen LogP contribution in [0.3, 0.4) is 0 Å². The summed E-state index contributed by atoms with van der Waals surface area (Å²) in [6.07, 6.45) is 1.89. The van der Waals surface area contributed by atoms with Gasteiger partial charge < -0.3 is 34.7 Å². The fraction of sp³-hybridized carbons (Fsp3) is 0.500. The zero-order valence-electron chi connectivity index (χ0n) is 26.3. The van der Waals surface area contributed by atoms with Crippen molar-refractivity contribution in [2.75, 3.05) is 25.7 Å². The smallest absolute Gasteiger partial charge is 0.361 e. The van der Waals surface area contributed by atoms with Crippen LogP contribution in [0.1, 0.15) is 58.8 Å². The summed E-state index contributed by atoms with van der Waals surface area (Å²) in [6, 6.07) is 5.81. The zero-order valence-corrected chi connectivity index (χ0v) is 27.1. The van der Waals surface area contributed by atoms with Crippen molar-refractivity contribution in [3.8, 4) is 5.75 Å². The maximum atomic E-state index is 13.2. The van der Waals surface area contributed by atoms with Crippen molar-refractivity contribution >= 4 is 42.5 Å². The van der Waals surface area contributed by atoms with Crippen LogP contribution in [0.25, 0.3) is 11.2 Å². The van der Waals surface area contributed by atoms with E-state index in [2.05, 4.69) is 15.0 Å². The first-order valence-corrected chi connectivity index (χ1v) is 15.3. The van der Waals surface area contributed by atoms with Crippen molar-refractivity contribution in [3.05, 3.63) is 42.5 Å². The SMILES string of the molecule is C[C@H](Cn1cnc2c(N)ncnc21)OCP(=O)(OCOC(=O)C(C)(C)C)OCOC(=O)C(C)(C)C.O=C(O)c1ccccc1O. The lowest BCUT2D eigenvalue weighted by Crippen LogP contribution is -2.25. The number of carboxylic acids is 1. The van der Waals surface area contributed by atoms with Gasteiger partial charge in [-0.05, 0) is 60.6 Å². The van der Waals surface area contributed by atoms with Crippen molar-refractivity contribution in [3.63, 3.8) is 0 Å². The number of nitrogen functional groups attached to an aromatic ring is 1. The summed E-state index contributed by atoms with van der Waals surface area (Å²) < 4.78 is 41.2. The Labute approximate surface area is 260 Å². The van der Waals surface area contributed by atoms with Crippen molar-refractivity contribution in [1.82, 2.24) is 19.5 Å². The number of nitrogens with zero attached hydrogens (tertiary/aromatic N) is 4. The van der Waals surface area contributed by atoms with Crippen LogP contribution in [0.2, 0.25) is 0 Å². The minimum atomic E-state index is -3.98. The fourth-order valence-corrected chi connectivity index (χ4v) is 4.19. The predicted octanol–water partition coefficient (Wildman–Crippen LogP) is 4.18. The first-order chi connectivity index (χ1) is 20.8. The molecule has 0 saturated carbocycles. The summed E-state index contributed by atoms with van der Waals surface area (Å²) in [5, 5.41) is 17.3. The number of carbonyl (C=O) groups is 3. The predicted molar refractivity (Wildman–Crippen MR) is 161 cm³/mol. The summed E-state index contributed by atoms with van der Waals surface area (Å²) in [6.45, 7) is 10.8. The van der Waals surface area contributed by atoms with Gasteiger partial charge in [-0.1, -0.05) is 12.1 Å². The van der Waals surface area contributed by atoms with E-state index in [1.807, 2.05) is 0 Å². The van der Waals surface area contributed by atoms with E-state index in [0.29, 0.717) is 17.7 Å². The lowest BCUT2D eigenvalue weighted by Gasteiger charge is -2.23. The second kappa shape index (κ2) is 15.8. The number of aromatic nitrogens is 4. The molecule has 2 heterocycles. The Morgan fingerprint density at radius 2 is 1.51 bits per heavy atom. The largest absolute Gasteiger partial charge is 0.507 e. The molecule has 0 bridgehead atoms. The van der Waals surface area contributed by atoms with Crippen LogP contribution in [0.4, 0.5) is 5.82 Å². The van der Waals surface area contributed by atoms with E-state index < -0.39 is 62.4 Å². The van der Waals surface area contributed by atoms with Crippen molar-refractivity contribution < 1.29 is 52.4 Å². The fourth-order valence-electron chi connectivity index (χ4n) is 3.10. The van der Waals surface area contributed by atoms with Gasteiger partial charge in [-0.15, -0.1) is 0 Å². The summed E-state index contributed by atoms with van der Waals surface area (Å²) >= 11 is 0. The Balaban J connectivity index is 0.000000596. The van der Waals surface area contributed by atoms with Gasteiger partial charge in [0, 0.05) is 0 Å². The van der Waals surface area contributed by atoms with Gasteiger partial charge in [0.2, 0.25) is 13.6 Å². The molecule has 248 valence electrons. The quantitative estimate of drug-likeness (QED) is 0.142. The topological polar surface area (TPSA) is 225 Å². The molecule has 2 aromatic heterocycles. The van der Waals surface area contributed by atoms with Crippen LogP contribution in [0, 0.1) is 10.8 Å². The molecule has 0 saturated heterocycles. The number of carbonyl (C=O) groups excluding carboxylic acids is 2. The van der Waals surface area contributed by atoms with E-state index in [-0.39, 0.29) is 17.1 Å². The van der Waals surface area contributed by atoms with E-state index >= 15 is 0 Å². The van der Waals surface area contributed by atoms with E-state index in [1.165, 1.54) is 18.5 Å². The van der Waals surface area contributed by atoms with Gasteiger partial charge in [0.25, 0.3) is 0 Å². The number of benzene rings is 1. The van der Waals surface area contributed by atoms with Crippen LogP contribution >= 0.6 is 7.60 Å². The number of aromatic hydroxyl groups is 1. The number of hydrogen-bond acceptors (Lipinski definition) is 14. The monoisotopic (exact) mass is 653 g/mol. The molecule has 17 heteroatoms. The van der Waals surface area contributed by atoms with Crippen molar-refractivity contribution in [1.29, 1.82) is 0 Å². The summed E-state index contributed by atoms with van der Waals surface area (Å²) in [5.74, 6) is -2.16. The average molecular weight is 654 g/mol. The number of phenols is 1. The highest BCUT2D eigenvalue weighted by molar-refractivity contribution is 7.53. The molecule has 3 aromatic rings. The molecule has 1 aromatic carbocycles. The third-order valence-electron chi connectivity index (χ3n) is 5.64. The number of fused-ring (bicyclic) bond motifs is 1. The van der Waals surface area contributed by atoms with Crippen LogP contribution in [-0.2, 0) is 44.0 Å². The van der Waals surface area contributed by atoms with E-state index in [9.17, 15) is 18.9 Å². The van der Waals surface area contributed by atoms with Crippen molar-refractivity contribution in [2.45, 2.75) is 61.1 Å². The molecule has 16 nitrogen and oxygen atoms in total. The minimum absolute atomic E-state index is 0.0671. The number of rotatable bonds is 12. The van der Waals surface area contributed by atoms with Gasteiger partial charge in [0.1, 0.15) is 29.5 Å². The third kappa shape index (κ3) is 11.7. The molecule has 0 spiro atoms. The van der Waals surface area contributed by atoms with Gasteiger partial charge in [-0.3, -0.25) is 23.2 Å². The molecule has 3 rings (SSSR count). The van der Waals surface area contributed by atoms with E-state index in [1.54, 1.807) is 71.5 Å². The van der Waals surface area contributed by atoms with Gasteiger partial charge in [0.15, 0.2) is 11.5 Å². The number of para-hydroxylation sites is 1. The first-order valence-electron chi connectivity index (χ1n) is 13.6. The number of ether oxygens (including phenoxy) is 3. The summed E-state index contributed by atoms with van der Waals surface area (Å²) in [4.78, 5) is 46.5. The van der Waals surface area contributed by atoms with E-state index in [0.717, 1.165) is 0 Å². The lowest BCUT2D eigenvalue weighted by atomic mass is 9.98. The average Bonchev–Trinajstić information content (AvgIpc) is 3.35. The number of esters is 2. The van der Waals surface area contributed by atoms with Gasteiger partial charge in [-0.2, -0.15) is 0 Å². The summed E-state index contributed by atoms with van der Waals surface area (Å²) in [7, 11) is -3.98. The van der Waals surface area contributed by atoms with Gasteiger partial charge >= 0.3 is 25.5 Å². The van der Waals surface area contributed by atoms with Crippen LogP contribution in [0.15, 0.2) is 36.9 Å². The molecule has 0 aliphatic rings. The molecule has 0 radical (unpaired) electrons.